The average Bonchev–Trinajstić information content (AvgIpc) is 2.18. The molecule has 0 fully saturated rings. The van der Waals surface area contributed by atoms with Gasteiger partial charge in [-0.15, -0.1) is 0 Å². The van der Waals surface area contributed by atoms with Crippen LogP contribution < -0.4 is 0 Å². The minimum Gasteiger partial charge on any atom is -0.460 e. The number of ether oxygens (including phenoxy) is 2. The lowest BCUT2D eigenvalue weighted by Crippen LogP contribution is -2.23. The third-order valence-corrected chi connectivity index (χ3v) is 2.40. The largest absolute Gasteiger partial charge is 0.460 e. The van der Waals surface area contributed by atoms with Gasteiger partial charge >= 0.3 is 5.97 Å². The van der Waals surface area contributed by atoms with Gasteiger partial charge in [0.15, 0.2) is 0 Å². The van der Waals surface area contributed by atoms with Gasteiger partial charge in [0.25, 0.3) is 0 Å². The molecular weight excluding hydrogens is 228 g/mol. The predicted molar refractivity (Wildman–Crippen MR) is 74.6 cm³/mol. The van der Waals surface area contributed by atoms with Crippen LogP contribution in [0.5, 0.6) is 0 Å². The highest BCUT2D eigenvalue weighted by Gasteiger charge is 2.15. The monoisotopic (exact) mass is 258 g/mol. The number of unbranched alkanes of at least 4 members (excludes halogenated alkanes) is 4. The lowest BCUT2D eigenvalue weighted by molar-refractivity contribution is -0.154. The first-order valence-corrected chi connectivity index (χ1v) is 7.15. The normalized spacial score (nSPS) is 11.9. The van der Waals surface area contributed by atoms with Gasteiger partial charge < -0.3 is 9.47 Å². The van der Waals surface area contributed by atoms with Crippen LogP contribution in [0, 0.1) is 0 Å². The first-order chi connectivity index (χ1) is 8.31. The molecule has 0 bridgehead atoms. The van der Waals surface area contributed by atoms with Crippen LogP contribution in [0.1, 0.15) is 73.1 Å². The van der Waals surface area contributed by atoms with Crippen LogP contribution in [0.4, 0.5) is 0 Å². The summed E-state index contributed by atoms with van der Waals surface area (Å²) < 4.78 is 10.7. The summed E-state index contributed by atoms with van der Waals surface area (Å²) in [6.45, 7) is 10.7. The second kappa shape index (κ2) is 9.37. The van der Waals surface area contributed by atoms with E-state index in [1.54, 1.807) is 0 Å². The standard InChI is InChI=1S/C15H30O3/c1-13(2)17-12-10-8-6-7-9-11-14(16)18-15(3,4)5/h13H,6-12H2,1-5H3. The Hall–Kier alpha value is -0.570. The highest BCUT2D eigenvalue weighted by molar-refractivity contribution is 5.69. The Morgan fingerprint density at radius 1 is 1.00 bits per heavy atom. The van der Waals surface area contributed by atoms with Gasteiger partial charge in [0, 0.05) is 13.0 Å². The van der Waals surface area contributed by atoms with E-state index >= 15 is 0 Å². The first-order valence-electron chi connectivity index (χ1n) is 7.15. The van der Waals surface area contributed by atoms with Crippen molar-refractivity contribution in [3.63, 3.8) is 0 Å². The van der Waals surface area contributed by atoms with Gasteiger partial charge in [-0.1, -0.05) is 19.3 Å². The molecule has 0 aromatic heterocycles. The molecule has 3 nitrogen and oxygen atoms in total. The number of carbonyl (C=O) groups is 1. The lowest BCUT2D eigenvalue weighted by Gasteiger charge is -2.19. The van der Waals surface area contributed by atoms with Gasteiger partial charge in [0.1, 0.15) is 5.60 Å². The Kier molecular flexibility index (Phi) is 9.08. The summed E-state index contributed by atoms with van der Waals surface area (Å²) in [6, 6.07) is 0. The van der Waals surface area contributed by atoms with Crippen LogP contribution >= 0.6 is 0 Å². The van der Waals surface area contributed by atoms with Gasteiger partial charge in [-0.25, -0.2) is 0 Å². The molecule has 0 amide bonds. The Bertz CT molecular complexity index is 216. The van der Waals surface area contributed by atoms with Crippen molar-refractivity contribution in [3.8, 4) is 0 Å². The SMILES string of the molecule is CC(C)OCCCCCCCC(=O)OC(C)(C)C. The van der Waals surface area contributed by atoms with Gasteiger partial charge in [0.05, 0.1) is 6.10 Å². The maximum atomic E-state index is 11.4. The molecule has 0 heterocycles. The summed E-state index contributed by atoms with van der Waals surface area (Å²) in [5.41, 5.74) is -0.356. The number of rotatable bonds is 9. The summed E-state index contributed by atoms with van der Waals surface area (Å²) in [5, 5.41) is 0. The van der Waals surface area contributed by atoms with Gasteiger partial charge in [-0.05, 0) is 47.5 Å². The maximum absolute atomic E-state index is 11.4. The Labute approximate surface area is 112 Å². The van der Waals surface area contributed by atoms with E-state index in [2.05, 4.69) is 13.8 Å². The van der Waals surface area contributed by atoms with Crippen LogP contribution in [0.15, 0.2) is 0 Å². The van der Waals surface area contributed by atoms with Crippen LogP contribution in [0.2, 0.25) is 0 Å². The van der Waals surface area contributed by atoms with E-state index in [9.17, 15) is 4.79 Å². The van der Waals surface area contributed by atoms with E-state index < -0.39 is 0 Å². The first kappa shape index (κ1) is 17.4. The fourth-order valence-corrected chi connectivity index (χ4v) is 1.61. The zero-order chi connectivity index (χ0) is 14.0. The molecule has 0 aromatic carbocycles. The van der Waals surface area contributed by atoms with E-state index in [0.717, 1.165) is 25.9 Å². The third-order valence-electron chi connectivity index (χ3n) is 2.40. The number of hydrogen-bond donors (Lipinski definition) is 0. The van der Waals surface area contributed by atoms with Crippen LogP contribution in [0.3, 0.4) is 0 Å². The Balaban J connectivity index is 3.28. The summed E-state index contributed by atoms with van der Waals surface area (Å²) in [5.74, 6) is -0.0781. The van der Waals surface area contributed by atoms with Crippen LogP contribution in [0.25, 0.3) is 0 Å². The van der Waals surface area contributed by atoms with Crippen LogP contribution in [-0.4, -0.2) is 24.3 Å². The zero-order valence-electron chi connectivity index (χ0n) is 12.8. The van der Waals surface area contributed by atoms with E-state index in [1.807, 2.05) is 20.8 Å². The summed E-state index contributed by atoms with van der Waals surface area (Å²) in [4.78, 5) is 11.4. The highest BCUT2D eigenvalue weighted by Crippen LogP contribution is 2.11. The molecule has 0 aliphatic heterocycles. The van der Waals surface area contributed by atoms with Gasteiger partial charge in [-0.3, -0.25) is 4.79 Å². The fraction of sp³-hybridized carbons (Fsp3) is 0.933. The topological polar surface area (TPSA) is 35.5 Å². The second-order valence-corrected chi connectivity index (χ2v) is 6.02. The van der Waals surface area contributed by atoms with Crippen molar-refractivity contribution in [2.45, 2.75) is 84.8 Å². The van der Waals surface area contributed by atoms with Gasteiger partial charge in [-0.2, -0.15) is 0 Å². The molecule has 0 radical (unpaired) electrons. The molecule has 0 saturated heterocycles. The van der Waals surface area contributed by atoms with E-state index in [1.165, 1.54) is 12.8 Å². The van der Waals surface area contributed by atoms with Crippen molar-refractivity contribution in [2.75, 3.05) is 6.61 Å². The quantitative estimate of drug-likeness (QED) is 0.461. The van der Waals surface area contributed by atoms with Crippen molar-refractivity contribution in [1.82, 2.24) is 0 Å². The average molecular weight is 258 g/mol. The predicted octanol–water partition coefficient (Wildman–Crippen LogP) is 4.09. The molecule has 0 aliphatic rings. The zero-order valence-corrected chi connectivity index (χ0v) is 12.8. The minimum atomic E-state index is -0.356. The van der Waals surface area contributed by atoms with E-state index in [0.29, 0.717) is 12.5 Å². The Morgan fingerprint density at radius 2 is 1.56 bits per heavy atom. The number of carbonyl (C=O) groups excluding carboxylic acids is 1. The molecule has 108 valence electrons. The summed E-state index contributed by atoms with van der Waals surface area (Å²) in [7, 11) is 0. The molecule has 0 spiro atoms. The number of esters is 1. The van der Waals surface area contributed by atoms with E-state index in [4.69, 9.17) is 9.47 Å². The highest BCUT2D eigenvalue weighted by atomic mass is 16.6. The molecule has 0 aliphatic carbocycles. The number of hydrogen-bond acceptors (Lipinski definition) is 3. The molecule has 3 heteroatoms. The van der Waals surface area contributed by atoms with Gasteiger partial charge in [0.2, 0.25) is 0 Å². The molecule has 0 atom stereocenters. The van der Waals surface area contributed by atoms with Crippen molar-refractivity contribution in [1.29, 1.82) is 0 Å². The minimum absolute atomic E-state index is 0.0781. The van der Waals surface area contributed by atoms with Crippen molar-refractivity contribution < 1.29 is 14.3 Å². The third kappa shape index (κ3) is 13.5. The summed E-state index contributed by atoms with van der Waals surface area (Å²) in [6.07, 6.45) is 6.37. The lowest BCUT2D eigenvalue weighted by atomic mass is 10.1. The van der Waals surface area contributed by atoms with E-state index in [-0.39, 0.29) is 11.6 Å². The maximum Gasteiger partial charge on any atom is 0.306 e. The fourth-order valence-electron chi connectivity index (χ4n) is 1.61. The second-order valence-electron chi connectivity index (χ2n) is 6.02. The molecule has 18 heavy (non-hydrogen) atoms. The molecular formula is C15H30O3. The molecule has 0 rings (SSSR count). The molecule has 0 aromatic rings. The summed E-state index contributed by atoms with van der Waals surface area (Å²) >= 11 is 0. The van der Waals surface area contributed by atoms with Crippen LogP contribution in [-0.2, 0) is 14.3 Å². The van der Waals surface area contributed by atoms with Crippen molar-refractivity contribution in [3.05, 3.63) is 0 Å². The molecule has 0 unspecified atom stereocenters. The van der Waals surface area contributed by atoms with Crippen molar-refractivity contribution >= 4 is 5.97 Å². The smallest absolute Gasteiger partial charge is 0.306 e. The van der Waals surface area contributed by atoms with Crippen molar-refractivity contribution in [2.24, 2.45) is 0 Å². The molecule has 0 N–H and O–H groups in total. The molecule has 0 saturated carbocycles. The Morgan fingerprint density at radius 3 is 2.11 bits per heavy atom.